The number of benzene rings is 9. The molecule has 10 rings (SSSR count). The quantitative estimate of drug-likeness (QED) is 0.172. The van der Waals surface area contributed by atoms with Crippen LogP contribution in [0.2, 0.25) is 0 Å². The summed E-state index contributed by atoms with van der Waals surface area (Å²) in [6, 6.07) is 74.8. The van der Waals surface area contributed by atoms with E-state index in [2.05, 4.69) is 216 Å². The van der Waals surface area contributed by atoms with E-state index in [0.717, 1.165) is 22.7 Å². The zero-order chi connectivity index (χ0) is 34.4. The number of hydrogen-bond donors (Lipinski definition) is 0. The van der Waals surface area contributed by atoms with Gasteiger partial charge in [-0.05, 0) is 93.0 Å². The van der Waals surface area contributed by atoms with Gasteiger partial charge in [0.2, 0.25) is 0 Å². The largest absolute Gasteiger partial charge is 0.310 e. The van der Waals surface area contributed by atoms with E-state index in [0.29, 0.717) is 0 Å². The molecule has 1 heterocycles. The third-order valence-electron chi connectivity index (χ3n) is 10.3. The molecule has 0 fully saturated rings. The maximum absolute atomic E-state index is 2.45. The van der Waals surface area contributed by atoms with E-state index in [1.54, 1.807) is 0 Å². The minimum atomic E-state index is 1.10. The van der Waals surface area contributed by atoms with Crippen LogP contribution < -0.4 is 4.90 Å². The molecule has 2 heteroatoms. The van der Waals surface area contributed by atoms with Gasteiger partial charge in [-0.1, -0.05) is 152 Å². The zero-order valence-corrected chi connectivity index (χ0v) is 28.5. The van der Waals surface area contributed by atoms with Gasteiger partial charge in [-0.3, -0.25) is 0 Å². The summed E-state index contributed by atoms with van der Waals surface area (Å²) in [6.45, 7) is 0. The highest BCUT2D eigenvalue weighted by Crippen LogP contribution is 2.43. The number of aromatic nitrogens is 1. The first kappa shape index (κ1) is 30.0. The Balaban J connectivity index is 1.24. The van der Waals surface area contributed by atoms with Crippen molar-refractivity contribution in [3.8, 4) is 27.9 Å². The lowest BCUT2D eigenvalue weighted by atomic mass is 10.0. The van der Waals surface area contributed by atoms with Crippen molar-refractivity contribution < 1.29 is 0 Å². The molecule has 0 radical (unpaired) electrons. The number of fused-ring (bicyclic) bond motifs is 5. The summed E-state index contributed by atoms with van der Waals surface area (Å²) in [4.78, 5) is 2.43. The Morgan fingerprint density at radius 1 is 0.308 bits per heavy atom. The summed E-state index contributed by atoms with van der Waals surface area (Å²) < 4.78 is 2.45. The summed E-state index contributed by atoms with van der Waals surface area (Å²) in [5, 5.41) is 7.37. The van der Waals surface area contributed by atoms with E-state index in [4.69, 9.17) is 0 Å². The number of para-hydroxylation sites is 1. The van der Waals surface area contributed by atoms with Gasteiger partial charge in [0, 0.05) is 33.2 Å². The van der Waals surface area contributed by atoms with E-state index < -0.39 is 0 Å². The lowest BCUT2D eigenvalue weighted by molar-refractivity contribution is 1.18. The Hall–Kier alpha value is -6.90. The summed E-state index contributed by atoms with van der Waals surface area (Å²) in [7, 11) is 0. The van der Waals surface area contributed by atoms with E-state index in [1.165, 1.54) is 65.6 Å². The van der Waals surface area contributed by atoms with Crippen molar-refractivity contribution in [3.05, 3.63) is 206 Å². The van der Waals surface area contributed by atoms with E-state index in [9.17, 15) is 0 Å². The molecule has 244 valence electrons. The first-order valence-electron chi connectivity index (χ1n) is 17.8. The molecule has 0 N–H and O–H groups in total. The molecule has 0 spiro atoms. The second kappa shape index (κ2) is 12.5. The first-order valence-corrected chi connectivity index (χ1v) is 17.8. The average Bonchev–Trinajstić information content (AvgIpc) is 3.54. The van der Waals surface area contributed by atoms with Gasteiger partial charge in [0.05, 0.1) is 16.7 Å². The van der Waals surface area contributed by atoms with Crippen LogP contribution in [-0.2, 0) is 0 Å². The van der Waals surface area contributed by atoms with Crippen LogP contribution in [0.15, 0.2) is 206 Å². The Bertz CT molecular complexity index is 2890. The minimum absolute atomic E-state index is 1.10. The van der Waals surface area contributed by atoms with Gasteiger partial charge in [-0.2, -0.15) is 0 Å². The van der Waals surface area contributed by atoms with Crippen molar-refractivity contribution in [2.75, 3.05) is 4.90 Å². The Morgan fingerprint density at radius 2 is 0.885 bits per heavy atom. The van der Waals surface area contributed by atoms with Crippen LogP contribution in [0, 0.1) is 0 Å². The van der Waals surface area contributed by atoms with Gasteiger partial charge in [-0.15, -0.1) is 0 Å². The SMILES string of the molecule is c1ccc(-c2ccc(N(c3cccc(-c4ccccc4)c3)c3cc(-n4c5ccccc5c5cc6ccccc6cc54)cc4ccccc34)cc2)cc1. The third kappa shape index (κ3) is 5.12. The van der Waals surface area contributed by atoms with Crippen LogP contribution in [0.3, 0.4) is 0 Å². The smallest absolute Gasteiger partial charge is 0.0560 e. The average molecular weight is 663 g/mol. The molecule has 9 aromatic carbocycles. The number of rotatable bonds is 6. The zero-order valence-electron chi connectivity index (χ0n) is 28.5. The van der Waals surface area contributed by atoms with Crippen LogP contribution in [0.1, 0.15) is 0 Å². The van der Waals surface area contributed by atoms with Crippen LogP contribution in [0.5, 0.6) is 0 Å². The molecule has 0 aliphatic rings. The number of hydrogen-bond acceptors (Lipinski definition) is 1. The molecule has 0 unspecified atom stereocenters. The topological polar surface area (TPSA) is 8.17 Å². The molecule has 1 aromatic heterocycles. The molecule has 2 nitrogen and oxygen atoms in total. The van der Waals surface area contributed by atoms with Crippen molar-refractivity contribution in [1.82, 2.24) is 4.57 Å². The fourth-order valence-corrected chi connectivity index (χ4v) is 7.84. The lowest BCUT2D eigenvalue weighted by Crippen LogP contribution is -2.11. The second-order valence-corrected chi connectivity index (χ2v) is 13.4. The molecule has 0 aliphatic carbocycles. The molecular formula is C50H34N2. The number of anilines is 3. The Kier molecular flexibility index (Phi) is 7.18. The summed E-state index contributed by atoms with van der Waals surface area (Å²) in [5.74, 6) is 0. The fourth-order valence-electron chi connectivity index (χ4n) is 7.84. The minimum Gasteiger partial charge on any atom is -0.310 e. The summed E-state index contributed by atoms with van der Waals surface area (Å²) >= 11 is 0. The highest BCUT2D eigenvalue weighted by molar-refractivity contribution is 6.14. The molecule has 0 saturated heterocycles. The highest BCUT2D eigenvalue weighted by Gasteiger charge is 2.20. The maximum atomic E-state index is 2.45. The van der Waals surface area contributed by atoms with Crippen LogP contribution in [0.25, 0.3) is 71.3 Å². The number of nitrogens with zero attached hydrogens (tertiary/aromatic N) is 2. The second-order valence-electron chi connectivity index (χ2n) is 13.4. The van der Waals surface area contributed by atoms with Gasteiger partial charge in [0.25, 0.3) is 0 Å². The van der Waals surface area contributed by atoms with Gasteiger partial charge >= 0.3 is 0 Å². The maximum Gasteiger partial charge on any atom is 0.0560 e. The fraction of sp³-hybridized carbons (Fsp3) is 0. The molecule has 0 atom stereocenters. The highest BCUT2D eigenvalue weighted by atomic mass is 15.1. The van der Waals surface area contributed by atoms with Gasteiger partial charge in [0.1, 0.15) is 0 Å². The Labute approximate surface area is 303 Å². The van der Waals surface area contributed by atoms with Crippen molar-refractivity contribution >= 4 is 60.4 Å². The molecule has 0 amide bonds. The monoisotopic (exact) mass is 662 g/mol. The van der Waals surface area contributed by atoms with Gasteiger partial charge in [0.15, 0.2) is 0 Å². The third-order valence-corrected chi connectivity index (χ3v) is 10.3. The van der Waals surface area contributed by atoms with Crippen molar-refractivity contribution in [2.24, 2.45) is 0 Å². The normalized spacial score (nSPS) is 11.5. The molecule has 0 aliphatic heterocycles. The predicted molar refractivity (Wildman–Crippen MR) is 221 cm³/mol. The molecule has 52 heavy (non-hydrogen) atoms. The first-order chi connectivity index (χ1) is 25.8. The van der Waals surface area contributed by atoms with Gasteiger partial charge < -0.3 is 9.47 Å². The van der Waals surface area contributed by atoms with Crippen molar-refractivity contribution in [3.63, 3.8) is 0 Å². The summed E-state index contributed by atoms with van der Waals surface area (Å²) in [6.07, 6.45) is 0. The summed E-state index contributed by atoms with van der Waals surface area (Å²) in [5.41, 5.74) is 11.6. The van der Waals surface area contributed by atoms with Crippen molar-refractivity contribution in [1.29, 1.82) is 0 Å². The van der Waals surface area contributed by atoms with Crippen molar-refractivity contribution in [2.45, 2.75) is 0 Å². The Morgan fingerprint density at radius 3 is 1.63 bits per heavy atom. The van der Waals surface area contributed by atoms with E-state index >= 15 is 0 Å². The molecule has 10 aromatic rings. The van der Waals surface area contributed by atoms with Crippen LogP contribution >= 0.6 is 0 Å². The van der Waals surface area contributed by atoms with Crippen LogP contribution in [0.4, 0.5) is 17.1 Å². The van der Waals surface area contributed by atoms with E-state index in [1.807, 2.05) is 0 Å². The molecular weight excluding hydrogens is 629 g/mol. The van der Waals surface area contributed by atoms with Crippen LogP contribution in [-0.4, -0.2) is 4.57 Å². The van der Waals surface area contributed by atoms with E-state index in [-0.39, 0.29) is 0 Å². The molecule has 0 saturated carbocycles. The predicted octanol–water partition coefficient (Wildman–Crippen LogP) is 13.9. The lowest BCUT2D eigenvalue weighted by Gasteiger charge is -2.28. The molecule has 0 bridgehead atoms. The standard InChI is InChI=1S/C50H34N2/c1-3-14-35(15-4-1)37-26-28-42(29-27-37)51(43-22-13-21-38(30-43)36-16-5-2-6-17-36)50-34-44(31-41-20-9-10-23-45(41)50)52-48-25-12-11-24-46(48)47-32-39-18-7-8-19-40(39)33-49(47)52/h1-34H. The van der Waals surface area contributed by atoms with Gasteiger partial charge in [-0.25, -0.2) is 0 Å².